The third-order valence-corrected chi connectivity index (χ3v) is 6.29. The molecule has 0 radical (unpaired) electrons. The summed E-state index contributed by atoms with van der Waals surface area (Å²) in [5.74, 6) is -0.224. The summed E-state index contributed by atoms with van der Waals surface area (Å²) in [6, 6.07) is 14.7. The Morgan fingerprint density at radius 2 is 1.81 bits per heavy atom. The van der Waals surface area contributed by atoms with Gasteiger partial charge in [0.15, 0.2) is 23.5 Å². The monoisotopic (exact) mass is 502 g/mol. The minimum atomic E-state index is -0.818. The number of primary amides is 1. The Hall–Kier alpha value is -4.86. The summed E-state index contributed by atoms with van der Waals surface area (Å²) in [6.07, 6.45) is 0. The Bertz CT molecular complexity index is 1630. The van der Waals surface area contributed by atoms with E-state index in [1.165, 1.54) is 17.0 Å². The molecule has 6 rings (SSSR count). The van der Waals surface area contributed by atoms with Crippen LogP contribution < -0.4 is 25.4 Å². The number of carbonyl (C=O) groups excluding carboxylic acids is 2. The first kappa shape index (κ1) is 22.6. The van der Waals surface area contributed by atoms with Crippen LogP contribution in [0.4, 0.5) is 4.39 Å². The lowest BCUT2D eigenvalue weighted by molar-refractivity contribution is -0.119. The summed E-state index contributed by atoms with van der Waals surface area (Å²) < 4.78 is 36.0. The van der Waals surface area contributed by atoms with E-state index in [-0.39, 0.29) is 42.2 Å². The smallest absolute Gasteiger partial charge is 0.291 e. The summed E-state index contributed by atoms with van der Waals surface area (Å²) in [5, 5.41) is 0.0443. The Balaban J connectivity index is 1.46. The van der Waals surface area contributed by atoms with E-state index in [2.05, 4.69) is 0 Å². The first-order chi connectivity index (χ1) is 17.9. The molecule has 2 N–H and O–H groups in total. The topological polar surface area (TPSA) is 121 Å². The predicted octanol–water partition coefficient (Wildman–Crippen LogP) is 3.27. The van der Waals surface area contributed by atoms with Gasteiger partial charge in [-0.2, -0.15) is 0 Å². The number of fused-ring (bicyclic) bond motifs is 3. The fraction of sp³-hybridized carbons (Fsp3) is 0.148. The van der Waals surface area contributed by atoms with Crippen molar-refractivity contribution in [2.45, 2.75) is 12.6 Å². The molecular formula is C27H19FN2O7. The Labute approximate surface area is 208 Å². The van der Waals surface area contributed by atoms with Crippen molar-refractivity contribution in [2.75, 3.05) is 13.4 Å². The molecule has 0 saturated carbocycles. The van der Waals surface area contributed by atoms with E-state index in [1.807, 2.05) is 6.07 Å². The molecule has 0 spiro atoms. The zero-order valence-electron chi connectivity index (χ0n) is 19.2. The molecule has 9 nitrogen and oxygen atoms in total. The second-order valence-electron chi connectivity index (χ2n) is 8.66. The largest absolute Gasteiger partial charge is 0.484 e. The van der Waals surface area contributed by atoms with Crippen LogP contribution >= 0.6 is 0 Å². The summed E-state index contributed by atoms with van der Waals surface area (Å²) >= 11 is 0. The van der Waals surface area contributed by atoms with Gasteiger partial charge in [-0.05, 0) is 53.6 Å². The molecule has 2 aliphatic heterocycles. The van der Waals surface area contributed by atoms with E-state index in [9.17, 15) is 18.8 Å². The standard InChI is InChI=1S/C27H19FN2O7/c28-16-4-8-19-18(10-16)25(32)23-24(15-2-5-17(6-3-15)34-12-22(29)31)30(27(33)26(23)37-19)11-14-1-7-20-21(9-14)36-13-35-20/h1-10,24H,11-13H2,(H2,29,31)/t24-/m1/s1. The van der Waals surface area contributed by atoms with Crippen LogP contribution in [0.1, 0.15) is 33.3 Å². The maximum Gasteiger partial charge on any atom is 0.291 e. The van der Waals surface area contributed by atoms with E-state index in [4.69, 9.17) is 24.4 Å². The van der Waals surface area contributed by atoms with Crippen LogP contribution in [0, 0.1) is 5.82 Å². The van der Waals surface area contributed by atoms with Gasteiger partial charge in [0.05, 0.1) is 17.0 Å². The van der Waals surface area contributed by atoms with Crippen LogP contribution in [0.2, 0.25) is 0 Å². The molecule has 1 aromatic heterocycles. The van der Waals surface area contributed by atoms with Gasteiger partial charge in [-0.1, -0.05) is 18.2 Å². The van der Waals surface area contributed by atoms with E-state index in [1.54, 1.807) is 36.4 Å². The molecule has 4 aromatic rings. The number of ether oxygens (including phenoxy) is 3. The van der Waals surface area contributed by atoms with Crippen molar-refractivity contribution in [1.82, 2.24) is 4.90 Å². The molecule has 0 unspecified atom stereocenters. The number of benzene rings is 3. The number of carbonyl (C=O) groups is 2. The zero-order chi connectivity index (χ0) is 25.7. The zero-order valence-corrected chi connectivity index (χ0v) is 19.2. The van der Waals surface area contributed by atoms with Crippen molar-refractivity contribution in [2.24, 2.45) is 5.73 Å². The van der Waals surface area contributed by atoms with E-state index < -0.39 is 29.1 Å². The fourth-order valence-corrected chi connectivity index (χ4v) is 4.64. The van der Waals surface area contributed by atoms with Gasteiger partial charge < -0.3 is 29.3 Å². The van der Waals surface area contributed by atoms with Crippen LogP contribution in [0.15, 0.2) is 69.9 Å². The molecular weight excluding hydrogens is 483 g/mol. The highest BCUT2D eigenvalue weighted by Gasteiger charge is 2.43. The van der Waals surface area contributed by atoms with Crippen molar-refractivity contribution >= 4 is 22.8 Å². The predicted molar refractivity (Wildman–Crippen MR) is 128 cm³/mol. The Morgan fingerprint density at radius 3 is 2.59 bits per heavy atom. The number of nitrogens with zero attached hydrogens (tertiary/aromatic N) is 1. The fourth-order valence-electron chi connectivity index (χ4n) is 4.64. The molecule has 2 amide bonds. The Morgan fingerprint density at radius 1 is 1.03 bits per heavy atom. The van der Waals surface area contributed by atoms with Crippen molar-refractivity contribution in [1.29, 1.82) is 0 Å². The SMILES string of the molecule is NC(=O)COc1ccc([C@@H]2c3c(oc4ccc(F)cc4c3=O)C(=O)N2Cc2ccc3c(c2)OCO3)cc1. The van der Waals surface area contributed by atoms with Gasteiger partial charge in [0.1, 0.15) is 17.1 Å². The maximum absolute atomic E-state index is 14.0. The summed E-state index contributed by atoms with van der Waals surface area (Å²) in [4.78, 5) is 39.8. The van der Waals surface area contributed by atoms with E-state index in [0.29, 0.717) is 22.8 Å². The average molecular weight is 502 g/mol. The number of amides is 2. The highest BCUT2D eigenvalue weighted by molar-refractivity contribution is 5.99. The molecule has 0 saturated heterocycles. The lowest BCUT2D eigenvalue weighted by Crippen LogP contribution is -2.29. The molecule has 3 heterocycles. The number of halogens is 1. The number of hydrogen-bond acceptors (Lipinski definition) is 7. The number of hydrogen-bond donors (Lipinski definition) is 1. The molecule has 0 aliphatic carbocycles. The average Bonchev–Trinajstić information content (AvgIpc) is 3.46. The highest BCUT2D eigenvalue weighted by atomic mass is 19.1. The first-order valence-electron chi connectivity index (χ1n) is 11.4. The normalized spacial score (nSPS) is 15.8. The molecule has 10 heteroatoms. The number of rotatable bonds is 6. The summed E-state index contributed by atoms with van der Waals surface area (Å²) in [7, 11) is 0. The minimum Gasteiger partial charge on any atom is -0.484 e. The van der Waals surface area contributed by atoms with Crippen molar-refractivity contribution in [3.63, 3.8) is 0 Å². The minimum absolute atomic E-state index is 0.0443. The summed E-state index contributed by atoms with van der Waals surface area (Å²) in [6.45, 7) is -0.0445. The quantitative estimate of drug-likeness (QED) is 0.430. The van der Waals surface area contributed by atoms with E-state index >= 15 is 0 Å². The first-order valence-corrected chi connectivity index (χ1v) is 11.4. The third kappa shape index (κ3) is 3.92. The van der Waals surface area contributed by atoms with Crippen LogP contribution in [-0.4, -0.2) is 30.1 Å². The number of nitrogens with two attached hydrogens (primary N) is 1. The van der Waals surface area contributed by atoms with Gasteiger partial charge in [-0.3, -0.25) is 14.4 Å². The van der Waals surface area contributed by atoms with Gasteiger partial charge in [-0.25, -0.2) is 4.39 Å². The van der Waals surface area contributed by atoms with Crippen LogP contribution in [0.5, 0.6) is 17.2 Å². The maximum atomic E-state index is 14.0. The van der Waals surface area contributed by atoms with Gasteiger partial charge in [0.2, 0.25) is 12.6 Å². The van der Waals surface area contributed by atoms with Crippen molar-refractivity contribution < 1.29 is 32.6 Å². The summed E-state index contributed by atoms with van der Waals surface area (Å²) in [5.41, 5.74) is 6.24. The highest BCUT2D eigenvalue weighted by Crippen LogP contribution is 2.40. The third-order valence-electron chi connectivity index (χ3n) is 6.29. The molecule has 0 bridgehead atoms. The molecule has 186 valence electrons. The van der Waals surface area contributed by atoms with Gasteiger partial charge in [-0.15, -0.1) is 0 Å². The molecule has 3 aromatic carbocycles. The van der Waals surface area contributed by atoms with Gasteiger partial charge >= 0.3 is 0 Å². The second kappa shape index (κ2) is 8.66. The van der Waals surface area contributed by atoms with Crippen molar-refractivity contribution in [3.8, 4) is 17.2 Å². The lowest BCUT2D eigenvalue weighted by atomic mass is 9.98. The molecule has 1 atom stereocenters. The van der Waals surface area contributed by atoms with Crippen LogP contribution in [-0.2, 0) is 11.3 Å². The van der Waals surface area contributed by atoms with E-state index in [0.717, 1.165) is 11.6 Å². The molecule has 0 fully saturated rings. The second-order valence-corrected chi connectivity index (χ2v) is 8.66. The Kier molecular flexibility index (Phi) is 5.29. The molecule has 2 aliphatic rings. The lowest BCUT2D eigenvalue weighted by Gasteiger charge is -2.25. The van der Waals surface area contributed by atoms with Gasteiger partial charge in [0, 0.05) is 6.54 Å². The van der Waals surface area contributed by atoms with Crippen LogP contribution in [0.3, 0.4) is 0 Å². The van der Waals surface area contributed by atoms with Gasteiger partial charge in [0.25, 0.3) is 11.8 Å². The van der Waals surface area contributed by atoms with Crippen LogP contribution in [0.25, 0.3) is 11.0 Å². The molecule has 37 heavy (non-hydrogen) atoms. The van der Waals surface area contributed by atoms with Crippen molar-refractivity contribution in [3.05, 3.63) is 99.2 Å².